The van der Waals surface area contributed by atoms with Crippen molar-refractivity contribution < 1.29 is 4.74 Å². The molecule has 1 unspecified atom stereocenters. The second-order valence-electron chi connectivity index (χ2n) is 5.22. The Hall–Kier alpha value is -1.51. The van der Waals surface area contributed by atoms with Crippen molar-refractivity contribution in [2.75, 3.05) is 0 Å². The number of ether oxygens (including phenoxy) is 1. The van der Waals surface area contributed by atoms with Gasteiger partial charge in [0.05, 0.1) is 6.10 Å². The van der Waals surface area contributed by atoms with Crippen molar-refractivity contribution in [1.29, 1.82) is 0 Å². The smallest absolute Gasteiger partial charge is 0.120 e. The van der Waals surface area contributed by atoms with E-state index in [1.165, 1.54) is 0 Å². The SMILES string of the molecule is CC(C)Oc1cccc(-c2ccc(C(C)N)c(Cl)c2)c1. The third-order valence-electron chi connectivity index (χ3n) is 3.03. The minimum absolute atomic E-state index is 0.0628. The van der Waals surface area contributed by atoms with Gasteiger partial charge in [-0.1, -0.05) is 35.9 Å². The van der Waals surface area contributed by atoms with Crippen LogP contribution in [-0.4, -0.2) is 6.10 Å². The number of nitrogens with two attached hydrogens (primary N) is 1. The van der Waals surface area contributed by atoms with Crippen LogP contribution in [0.3, 0.4) is 0 Å². The van der Waals surface area contributed by atoms with E-state index in [4.69, 9.17) is 22.1 Å². The highest BCUT2D eigenvalue weighted by Gasteiger charge is 2.08. The number of hydrogen-bond acceptors (Lipinski definition) is 2. The topological polar surface area (TPSA) is 35.2 Å². The van der Waals surface area contributed by atoms with Gasteiger partial charge < -0.3 is 10.5 Å². The van der Waals surface area contributed by atoms with E-state index in [0.29, 0.717) is 5.02 Å². The largest absolute Gasteiger partial charge is 0.491 e. The normalized spacial score (nSPS) is 12.5. The van der Waals surface area contributed by atoms with Gasteiger partial charge in [0, 0.05) is 11.1 Å². The zero-order valence-electron chi connectivity index (χ0n) is 12.1. The average molecular weight is 290 g/mol. The Bertz CT molecular complexity index is 593. The number of hydrogen-bond donors (Lipinski definition) is 1. The van der Waals surface area contributed by atoms with Crippen molar-refractivity contribution in [3.05, 3.63) is 53.1 Å². The van der Waals surface area contributed by atoms with E-state index in [-0.39, 0.29) is 12.1 Å². The molecule has 2 aromatic rings. The third kappa shape index (κ3) is 3.53. The van der Waals surface area contributed by atoms with Gasteiger partial charge >= 0.3 is 0 Å². The summed E-state index contributed by atoms with van der Waals surface area (Å²) in [5, 5.41) is 0.702. The monoisotopic (exact) mass is 289 g/mol. The molecule has 0 bridgehead atoms. The lowest BCUT2D eigenvalue weighted by Crippen LogP contribution is -2.06. The lowest BCUT2D eigenvalue weighted by atomic mass is 10.0. The molecule has 20 heavy (non-hydrogen) atoms. The first-order valence-electron chi connectivity index (χ1n) is 6.79. The maximum Gasteiger partial charge on any atom is 0.120 e. The van der Waals surface area contributed by atoms with Gasteiger partial charge in [-0.2, -0.15) is 0 Å². The molecule has 2 rings (SSSR count). The Balaban J connectivity index is 2.34. The molecule has 2 nitrogen and oxygen atoms in total. The van der Waals surface area contributed by atoms with E-state index in [2.05, 4.69) is 0 Å². The first-order valence-corrected chi connectivity index (χ1v) is 7.17. The molecule has 3 heteroatoms. The van der Waals surface area contributed by atoms with E-state index in [9.17, 15) is 0 Å². The fraction of sp³-hybridized carbons (Fsp3) is 0.294. The van der Waals surface area contributed by atoms with Crippen molar-refractivity contribution in [2.45, 2.75) is 32.9 Å². The molecular formula is C17H20ClNO. The van der Waals surface area contributed by atoms with E-state index in [1.807, 2.05) is 63.2 Å². The van der Waals surface area contributed by atoms with Crippen LogP contribution in [0, 0.1) is 0 Å². The minimum Gasteiger partial charge on any atom is -0.491 e. The number of benzene rings is 2. The zero-order chi connectivity index (χ0) is 14.7. The molecule has 0 fully saturated rings. The van der Waals surface area contributed by atoms with Crippen molar-refractivity contribution in [2.24, 2.45) is 5.73 Å². The summed E-state index contributed by atoms with van der Waals surface area (Å²) in [7, 11) is 0. The summed E-state index contributed by atoms with van der Waals surface area (Å²) in [6.07, 6.45) is 0.161. The van der Waals surface area contributed by atoms with Crippen LogP contribution < -0.4 is 10.5 Å². The number of rotatable bonds is 4. The Morgan fingerprint density at radius 3 is 2.30 bits per heavy atom. The quantitative estimate of drug-likeness (QED) is 0.876. The Kier molecular flexibility index (Phi) is 4.69. The molecule has 106 valence electrons. The standard InChI is InChI=1S/C17H20ClNO/c1-11(2)20-15-6-4-5-13(9-15)14-7-8-16(12(3)19)17(18)10-14/h4-12H,19H2,1-3H3. The summed E-state index contributed by atoms with van der Waals surface area (Å²) in [4.78, 5) is 0. The van der Waals surface area contributed by atoms with Gasteiger partial charge in [-0.15, -0.1) is 0 Å². The Morgan fingerprint density at radius 2 is 1.70 bits per heavy atom. The van der Waals surface area contributed by atoms with Crippen LogP contribution in [-0.2, 0) is 0 Å². The first-order chi connectivity index (χ1) is 9.47. The van der Waals surface area contributed by atoms with Crippen LogP contribution in [0.15, 0.2) is 42.5 Å². The van der Waals surface area contributed by atoms with E-state index >= 15 is 0 Å². The summed E-state index contributed by atoms with van der Waals surface area (Å²) < 4.78 is 5.72. The fourth-order valence-electron chi connectivity index (χ4n) is 2.10. The predicted molar refractivity (Wildman–Crippen MR) is 85.3 cm³/mol. The van der Waals surface area contributed by atoms with E-state index in [1.54, 1.807) is 0 Å². The van der Waals surface area contributed by atoms with Gasteiger partial charge in [0.25, 0.3) is 0 Å². The van der Waals surface area contributed by atoms with Crippen LogP contribution >= 0.6 is 11.6 Å². The predicted octanol–water partition coefficient (Wildman–Crippen LogP) is 4.81. The molecule has 0 aliphatic heterocycles. The third-order valence-corrected chi connectivity index (χ3v) is 3.36. The van der Waals surface area contributed by atoms with Crippen LogP contribution in [0.5, 0.6) is 5.75 Å². The second-order valence-corrected chi connectivity index (χ2v) is 5.63. The summed E-state index contributed by atoms with van der Waals surface area (Å²) in [6, 6.07) is 13.9. The van der Waals surface area contributed by atoms with Gasteiger partial charge in [-0.25, -0.2) is 0 Å². The highest BCUT2D eigenvalue weighted by molar-refractivity contribution is 6.31. The van der Waals surface area contributed by atoms with Gasteiger partial charge in [0.15, 0.2) is 0 Å². The molecule has 2 N–H and O–H groups in total. The van der Waals surface area contributed by atoms with Crippen LogP contribution in [0.2, 0.25) is 5.02 Å². The molecule has 0 radical (unpaired) electrons. The Labute approximate surface area is 125 Å². The minimum atomic E-state index is -0.0628. The highest BCUT2D eigenvalue weighted by atomic mass is 35.5. The molecule has 0 aliphatic rings. The van der Waals surface area contributed by atoms with Crippen molar-refractivity contribution >= 4 is 11.6 Å². The highest BCUT2D eigenvalue weighted by Crippen LogP contribution is 2.30. The molecule has 1 atom stereocenters. The molecule has 0 aliphatic carbocycles. The molecule has 0 amide bonds. The van der Waals surface area contributed by atoms with Gasteiger partial charge in [-0.3, -0.25) is 0 Å². The summed E-state index contributed by atoms with van der Waals surface area (Å²) in [6.45, 7) is 5.96. The molecule has 0 aromatic heterocycles. The van der Waals surface area contributed by atoms with Gasteiger partial charge in [0.2, 0.25) is 0 Å². The van der Waals surface area contributed by atoms with Crippen molar-refractivity contribution in [1.82, 2.24) is 0 Å². The summed E-state index contributed by atoms with van der Waals surface area (Å²) in [5.41, 5.74) is 8.99. The molecule has 0 saturated carbocycles. The van der Waals surface area contributed by atoms with Gasteiger partial charge in [0.1, 0.15) is 5.75 Å². The van der Waals surface area contributed by atoms with Crippen LogP contribution in [0.1, 0.15) is 32.4 Å². The van der Waals surface area contributed by atoms with Crippen molar-refractivity contribution in [3.63, 3.8) is 0 Å². The summed E-state index contributed by atoms with van der Waals surface area (Å²) in [5.74, 6) is 0.866. The molecular weight excluding hydrogens is 270 g/mol. The molecule has 0 spiro atoms. The van der Waals surface area contributed by atoms with E-state index < -0.39 is 0 Å². The zero-order valence-corrected chi connectivity index (χ0v) is 12.8. The van der Waals surface area contributed by atoms with Crippen molar-refractivity contribution in [3.8, 4) is 16.9 Å². The Morgan fingerprint density at radius 1 is 1.00 bits per heavy atom. The average Bonchev–Trinajstić information content (AvgIpc) is 2.37. The first kappa shape index (κ1) is 14.9. The van der Waals surface area contributed by atoms with E-state index in [0.717, 1.165) is 22.4 Å². The lowest BCUT2D eigenvalue weighted by molar-refractivity contribution is 0.242. The number of halogens is 1. The second kappa shape index (κ2) is 6.29. The summed E-state index contributed by atoms with van der Waals surface area (Å²) >= 11 is 6.29. The maximum atomic E-state index is 6.29. The lowest BCUT2D eigenvalue weighted by Gasteiger charge is -2.13. The fourth-order valence-corrected chi connectivity index (χ4v) is 2.45. The van der Waals surface area contributed by atoms with Crippen LogP contribution in [0.25, 0.3) is 11.1 Å². The maximum absolute atomic E-state index is 6.29. The van der Waals surface area contributed by atoms with Gasteiger partial charge in [-0.05, 0) is 55.7 Å². The molecule has 0 heterocycles. The molecule has 0 saturated heterocycles. The van der Waals surface area contributed by atoms with Crippen LogP contribution in [0.4, 0.5) is 0 Å². The molecule has 2 aromatic carbocycles.